The summed E-state index contributed by atoms with van der Waals surface area (Å²) < 4.78 is 13.3. The molecule has 3 aromatic carbocycles. The summed E-state index contributed by atoms with van der Waals surface area (Å²) in [6.45, 7) is 0. The van der Waals surface area contributed by atoms with Crippen molar-refractivity contribution >= 4 is 34.8 Å². The minimum absolute atomic E-state index is 0.320. The lowest BCUT2D eigenvalue weighted by molar-refractivity contribution is -0.126. The summed E-state index contributed by atoms with van der Waals surface area (Å²) >= 11 is 6.21. The number of benzene rings is 3. The van der Waals surface area contributed by atoms with Gasteiger partial charge < -0.3 is 0 Å². The summed E-state index contributed by atoms with van der Waals surface area (Å²) in [4.78, 5) is 33.7. The number of amides is 2. The molecule has 0 radical (unpaired) electrons. The fraction of sp³-hybridized carbons (Fsp3) is 0.130. The molecule has 2 aliphatic heterocycles. The third kappa shape index (κ3) is 2.96. The number of imide groups is 1. The molecule has 0 N–H and O–H groups in total. The SMILES string of the molecule is O=C1[C@H]2[C@@H](ON(c3ccccc3)[C@H]2c2cccc(Cl)c2)C(=O)N1c1ccc(F)cc1. The highest BCUT2D eigenvalue weighted by molar-refractivity contribution is 6.30. The molecule has 0 unspecified atom stereocenters. The lowest BCUT2D eigenvalue weighted by Gasteiger charge is -2.28. The molecule has 0 aliphatic carbocycles. The number of hydrogen-bond donors (Lipinski definition) is 0. The van der Waals surface area contributed by atoms with Crippen molar-refractivity contribution in [3.63, 3.8) is 0 Å². The zero-order valence-electron chi connectivity index (χ0n) is 15.6. The van der Waals surface area contributed by atoms with Gasteiger partial charge in [0.05, 0.1) is 17.4 Å². The summed E-state index contributed by atoms with van der Waals surface area (Å²) in [7, 11) is 0. The summed E-state index contributed by atoms with van der Waals surface area (Å²) in [5.41, 5.74) is 1.81. The van der Waals surface area contributed by atoms with Crippen molar-refractivity contribution < 1.29 is 18.8 Å². The molecule has 2 heterocycles. The number of nitrogens with zero attached hydrogens (tertiary/aromatic N) is 2. The van der Waals surface area contributed by atoms with Crippen LogP contribution in [0.15, 0.2) is 78.9 Å². The first-order chi connectivity index (χ1) is 14.5. The number of rotatable bonds is 3. The van der Waals surface area contributed by atoms with Crippen LogP contribution in [0.2, 0.25) is 5.02 Å². The van der Waals surface area contributed by atoms with E-state index in [0.29, 0.717) is 10.7 Å². The first kappa shape index (κ1) is 18.8. The van der Waals surface area contributed by atoms with Crippen molar-refractivity contribution in [2.75, 3.05) is 9.96 Å². The van der Waals surface area contributed by atoms with Crippen LogP contribution < -0.4 is 9.96 Å². The maximum Gasteiger partial charge on any atom is 0.266 e. The van der Waals surface area contributed by atoms with Gasteiger partial charge in [-0.15, -0.1) is 0 Å². The Morgan fingerprint density at radius 2 is 1.57 bits per heavy atom. The zero-order valence-corrected chi connectivity index (χ0v) is 16.4. The van der Waals surface area contributed by atoms with Crippen LogP contribution in [-0.4, -0.2) is 17.9 Å². The number of fused-ring (bicyclic) bond motifs is 1. The van der Waals surface area contributed by atoms with Crippen LogP contribution in [0.1, 0.15) is 11.6 Å². The van der Waals surface area contributed by atoms with Gasteiger partial charge >= 0.3 is 0 Å². The molecule has 5 rings (SSSR count). The van der Waals surface area contributed by atoms with Crippen molar-refractivity contribution in [3.8, 4) is 0 Å². The first-order valence-corrected chi connectivity index (χ1v) is 9.82. The van der Waals surface area contributed by atoms with Crippen LogP contribution in [0.25, 0.3) is 0 Å². The van der Waals surface area contributed by atoms with Crippen molar-refractivity contribution in [2.24, 2.45) is 5.92 Å². The van der Waals surface area contributed by atoms with Crippen LogP contribution in [0.3, 0.4) is 0 Å². The van der Waals surface area contributed by atoms with Gasteiger partial charge in [0.25, 0.3) is 5.91 Å². The fourth-order valence-electron chi connectivity index (χ4n) is 4.09. The maximum atomic E-state index is 13.4. The third-order valence-electron chi connectivity index (χ3n) is 5.40. The van der Waals surface area contributed by atoms with Crippen molar-refractivity contribution in [1.82, 2.24) is 0 Å². The van der Waals surface area contributed by atoms with E-state index in [-0.39, 0.29) is 5.91 Å². The highest BCUT2D eigenvalue weighted by Gasteiger charge is 2.60. The van der Waals surface area contributed by atoms with Gasteiger partial charge in [-0.25, -0.2) is 14.4 Å². The average molecular weight is 423 g/mol. The summed E-state index contributed by atoms with van der Waals surface area (Å²) in [5, 5.41) is 2.13. The Kier molecular flexibility index (Phi) is 4.53. The van der Waals surface area contributed by atoms with E-state index in [4.69, 9.17) is 16.4 Å². The molecule has 0 saturated carbocycles. The van der Waals surface area contributed by atoms with Gasteiger partial charge in [-0.2, -0.15) is 0 Å². The van der Waals surface area contributed by atoms with E-state index in [0.717, 1.165) is 16.2 Å². The van der Waals surface area contributed by atoms with E-state index in [2.05, 4.69) is 0 Å². The van der Waals surface area contributed by atoms with Gasteiger partial charge in [-0.1, -0.05) is 41.9 Å². The quantitative estimate of drug-likeness (QED) is 0.582. The monoisotopic (exact) mass is 422 g/mol. The lowest BCUT2D eigenvalue weighted by atomic mass is 9.90. The molecule has 0 spiro atoms. The predicted octanol–water partition coefficient (Wildman–Crippen LogP) is 4.53. The number of hydroxylamine groups is 1. The Balaban J connectivity index is 1.59. The second-order valence-corrected chi connectivity index (χ2v) is 7.64. The molecule has 7 heteroatoms. The van der Waals surface area contributed by atoms with Crippen molar-refractivity contribution in [1.29, 1.82) is 0 Å². The molecule has 2 fully saturated rings. The predicted molar refractivity (Wildman–Crippen MR) is 110 cm³/mol. The molecule has 30 heavy (non-hydrogen) atoms. The number of hydrogen-bond acceptors (Lipinski definition) is 4. The number of halogens is 2. The van der Waals surface area contributed by atoms with E-state index in [1.54, 1.807) is 23.3 Å². The minimum atomic E-state index is -0.980. The molecule has 5 nitrogen and oxygen atoms in total. The van der Waals surface area contributed by atoms with Gasteiger partial charge in [0, 0.05) is 5.02 Å². The van der Waals surface area contributed by atoms with Gasteiger partial charge in [0.1, 0.15) is 11.7 Å². The Morgan fingerprint density at radius 3 is 2.27 bits per heavy atom. The van der Waals surface area contributed by atoms with Gasteiger partial charge in [-0.3, -0.25) is 14.4 Å². The Bertz CT molecular complexity index is 1120. The lowest BCUT2D eigenvalue weighted by Crippen LogP contribution is -2.37. The Morgan fingerprint density at radius 1 is 0.833 bits per heavy atom. The zero-order chi connectivity index (χ0) is 20.8. The standard InChI is InChI=1S/C23H16ClFN2O3/c24-15-6-4-5-14(13-15)20-19-21(30-27(20)18-7-2-1-3-8-18)23(29)26(22(19)28)17-11-9-16(25)10-12-17/h1-13,19-21H/t19-,20+,21-/m1/s1. The second-order valence-electron chi connectivity index (χ2n) is 7.20. The molecule has 0 bridgehead atoms. The van der Waals surface area contributed by atoms with E-state index in [1.165, 1.54) is 24.3 Å². The van der Waals surface area contributed by atoms with Crippen LogP contribution >= 0.6 is 11.6 Å². The fourth-order valence-corrected chi connectivity index (χ4v) is 4.29. The maximum absolute atomic E-state index is 13.4. The largest absolute Gasteiger partial charge is 0.273 e. The smallest absolute Gasteiger partial charge is 0.266 e. The molecule has 3 aromatic rings. The third-order valence-corrected chi connectivity index (χ3v) is 5.64. The average Bonchev–Trinajstić information content (AvgIpc) is 3.26. The molecule has 150 valence electrons. The molecule has 0 aromatic heterocycles. The first-order valence-electron chi connectivity index (χ1n) is 9.44. The van der Waals surface area contributed by atoms with Crippen LogP contribution in [0, 0.1) is 11.7 Å². The molecule has 2 aliphatic rings. The molecule has 2 saturated heterocycles. The van der Waals surface area contributed by atoms with Crippen LogP contribution in [-0.2, 0) is 14.4 Å². The topological polar surface area (TPSA) is 49.9 Å². The van der Waals surface area contributed by atoms with E-state index in [9.17, 15) is 14.0 Å². The van der Waals surface area contributed by atoms with Crippen molar-refractivity contribution in [3.05, 3.63) is 95.3 Å². The number of carbonyl (C=O) groups excluding carboxylic acids is 2. The minimum Gasteiger partial charge on any atom is -0.273 e. The molecular formula is C23H16ClFN2O3. The van der Waals surface area contributed by atoms with E-state index in [1.807, 2.05) is 36.4 Å². The number of carbonyl (C=O) groups is 2. The van der Waals surface area contributed by atoms with Gasteiger partial charge in [0.15, 0.2) is 6.10 Å². The van der Waals surface area contributed by atoms with Crippen LogP contribution in [0.4, 0.5) is 15.8 Å². The van der Waals surface area contributed by atoms with Crippen molar-refractivity contribution in [2.45, 2.75) is 12.1 Å². The van der Waals surface area contributed by atoms with Gasteiger partial charge in [-0.05, 0) is 54.1 Å². The van der Waals surface area contributed by atoms with E-state index >= 15 is 0 Å². The molecule has 3 atom stereocenters. The summed E-state index contributed by atoms with van der Waals surface area (Å²) in [5.74, 6) is -2.07. The van der Waals surface area contributed by atoms with Crippen LogP contribution in [0.5, 0.6) is 0 Å². The van der Waals surface area contributed by atoms with E-state index < -0.39 is 29.8 Å². The molecular weight excluding hydrogens is 407 g/mol. The number of anilines is 2. The summed E-state index contributed by atoms with van der Waals surface area (Å²) in [6, 6.07) is 21.2. The highest BCUT2D eigenvalue weighted by Crippen LogP contribution is 2.47. The normalized spacial score (nSPS) is 23.2. The summed E-state index contributed by atoms with van der Waals surface area (Å²) in [6.07, 6.45) is -0.980. The Hall–Kier alpha value is -3.22. The van der Waals surface area contributed by atoms with Gasteiger partial charge in [0.2, 0.25) is 5.91 Å². The second kappa shape index (κ2) is 7.23. The molecule has 2 amide bonds. The Labute approximate surface area is 177 Å². The highest BCUT2D eigenvalue weighted by atomic mass is 35.5. The number of para-hydroxylation sites is 1.